The Morgan fingerprint density at radius 1 is 1.24 bits per heavy atom. The van der Waals surface area contributed by atoms with Gasteiger partial charge in [-0.1, -0.05) is 18.2 Å². The number of ether oxygens (including phenoxy) is 1. The predicted octanol–water partition coefficient (Wildman–Crippen LogP) is 1.07. The number of hydrogen-bond acceptors (Lipinski definition) is 4. The van der Waals surface area contributed by atoms with E-state index >= 15 is 0 Å². The first-order chi connectivity index (χ1) is 8.13. The average molecular weight is 236 g/mol. The van der Waals surface area contributed by atoms with Crippen LogP contribution in [-0.4, -0.2) is 35.5 Å². The highest BCUT2D eigenvalue weighted by molar-refractivity contribution is 5.91. The highest BCUT2D eigenvalue weighted by atomic mass is 16.5. The van der Waals surface area contributed by atoms with Crippen LogP contribution in [0.3, 0.4) is 0 Å². The molecule has 1 aromatic rings. The molecule has 1 aromatic carbocycles. The van der Waals surface area contributed by atoms with Gasteiger partial charge in [-0.25, -0.2) is 4.79 Å². The van der Waals surface area contributed by atoms with Crippen molar-refractivity contribution >= 4 is 5.97 Å². The SMILES string of the molecule is COC(=O)c1ccccc1[C@@H]1C[C@@H](O)[C@@H](O)C1. The topological polar surface area (TPSA) is 66.8 Å². The molecule has 2 N–H and O–H groups in total. The molecule has 2 rings (SSSR count). The summed E-state index contributed by atoms with van der Waals surface area (Å²) >= 11 is 0. The van der Waals surface area contributed by atoms with E-state index < -0.39 is 12.2 Å². The summed E-state index contributed by atoms with van der Waals surface area (Å²) < 4.78 is 4.73. The summed E-state index contributed by atoms with van der Waals surface area (Å²) in [5, 5.41) is 19.1. The van der Waals surface area contributed by atoms with Gasteiger partial charge in [0, 0.05) is 0 Å². The molecular formula is C13H16O4. The Morgan fingerprint density at radius 2 is 1.82 bits per heavy atom. The van der Waals surface area contributed by atoms with Crippen LogP contribution in [0, 0.1) is 0 Å². The Balaban J connectivity index is 2.30. The zero-order valence-electron chi connectivity index (χ0n) is 9.67. The van der Waals surface area contributed by atoms with E-state index in [1.54, 1.807) is 12.1 Å². The molecule has 0 heterocycles. The van der Waals surface area contributed by atoms with Crippen molar-refractivity contribution in [3.8, 4) is 0 Å². The monoisotopic (exact) mass is 236 g/mol. The van der Waals surface area contributed by atoms with E-state index in [4.69, 9.17) is 4.74 Å². The summed E-state index contributed by atoms with van der Waals surface area (Å²) in [5.41, 5.74) is 1.36. The number of methoxy groups -OCH3 is 1. The Labute approximate surface area is 99.8 Å². The maximum Gasteiger partial charge on any atom is 0.338 e. The lowest BCUT2D eigenvalue weighted by molar-refractivity contribution is 0.0438. The van der Waals surface area contributed by atoms with Gasteiger partial charge in [0.2, 0.25) is 0 Å². The van der Waals surface area contributed by atoms with Crippen molar-refractivity contribution in [2.75, 3.05) is 7.11 Å². The summed E-state index contributed by atoms with van der Waals surface area (Å²) in [6.45, 7) is 0. The molecular weight excluding hydrogens is 220 g/mol. The molecule has 0 unspecified atom stereocenters. The van der Waals surface area contributed by atoms with Gasteiger partial charge < -0.3 is 14.9 Å². The van der Waals surface area contributed by atoms with Gasteiger partial charge in [-0.3, -0.25) is 0 Å². The van der Waals surface area contributed by atoms with Crippen molar-refractivity contribution in [2.45, 2.75) is 31.0 Å². The second kappa shape index (κ2) is 4.85. The van der Waals surface area contributed by atoms with Gasteiger partial charge in [0.25, 0.3) is 0 Å². The first kappa shape index (κ1) is 12.1. The van der Waals surface area contributed by atoms with Crippen LogP contribution in [0.25, 0.3) is 0 Å². The van der Waals surface area contributed by atoms with Crippen molar-refractivity contribution in [3.05, 3.63) is 35.4 Å². The number of aliphatic hydroxyl groups is 2. The van der Waals surface area contributed by atoms with E-state index in [9.17, 15) is 15.0 Å². The smallest absolute Gasteiger partial charge is 0.338 e. The molecule has 1 aliphatic rings. The molecule has 1 fully saturated rings. The third-order valence-corrected chi connectivity index (χ3v) is 3.30. The molecule has 0 aromatic heterocycles. The number of rotatable bonds is 2. The van der Waals surface area contributed by atoms with Crippen molar-refractivity contribution in [3.63, 3.8) is 0 Å². The lowest BCUT2D eigenvalue weighted by Crippen LogP contribution is -2.17. The van der Waals surface area contributed by atoms with Crippen molar-refractivity contribution in [1.29, 1.82) is 0 Å². The van der Waals surface area contributed by atoms with Crippen LogP contribution < -0.4 is 0 Å². The molecule has 3 atom stereocenters. The van der Waals surface area contributed by atoms with Crippen LogP contribution in [0.5, 0.6) is 0 Å². The van der Waals surface area contributed by atoms with Gasteiger partial charge in [0.05, 0.1) is 24.9 Å². The van der Waals surface area contributed by atoms with Gasteiger partial charge in [0.15, 0.2) is 0 Å². The molecule has 4 heteroatoms. The zero-order valence-corrected chi connectivity index (χ0v) is 9.67. The van der Waals surface area contributed by atoms with Crippen LogP contribution >= 0.6 is 0 Å². The number of carbonyl (C=O) groups excluding carboxylic acids is 1. The van der Waals surface area contributed by atoms with Crippen molar-refractivity contribution < 1.29 is 19.7 Å². The molecule has 1 saturated carbocycles. The van der Waals surface area contributed by atoms with Gasteiger partial charge in [0.1, 0.15) is 0 Å². The van der Waals surface area contributed by atoms with Crippen LogP contribution in [-0.2, 0) is 4.74 Å². The average Bonchev–Trinajstić information content (AvgIpc) is 2.68. The fourth-order valence-corrected chi connectivity index (χ4v) is 2.40. The molecule has 0 bridgehead atoms. The molecule has 0 saturated heterocycles. The second-order valence-corrected chi connectivity index (χ2v) is 4.38. The van der Waals surface area contributed by atoms with Crippen molar-refractivity contribution in [2.24, 2.45) is 0 Å². The summed E-state index contributed by atoms with van der Waals surface area (Å²) in [7, 11) is 1.34. The highest BCUT2D eigenvalue weighted by Gasteiger charge is 2.34. The number of esters is 1. The van der Waals surface area contributed by atoms with E-state index in [0.29, 0.717) is 18.4 Å². The first-order valence-corrected chi connectivity index (χ1v) is 5.67. The third-order valence-electron chi connectivity index (χ3n) is 3.30. The van der Waals surface area contributed by atoms with Gasteiger partial charge >= 0.3 is 5.97 Å². The molecule has 92 valence electrons. The zero-order chi connectivity index (χ0) is 12.4. The van der Waals surface area contributed by atoms with Gasteiger partial charge in [-0.15, -0.1) is 0 Å². The van der Waals surface area contributed by atoms with Crippen LogP contribution in [0.1, 0.15) is 34.7 Å². The minimum absolute atomic E-state index is 0.00954. The minimum atomic E-state index is -0.703. The van der Waals surface area contributed by atoms with Gasteiger partial charge in [-0.2, -0.15) is 0 Å². The number of carbonyl (C=O) groups is 1. The van der Waals surface area contributed by atoms with E-state index in [1.807, 2.05) is 12.1 Å². The normalized spacial score (nSPS) is 28.1. The summed E-state index contributed by atoms with van der Waals surface area (Å²) in [6.07, 6.45) is -0.443. The van der Waals surface area contributed by atoms with Crippen LogP contribution in [0.2, 0.25) is 0 Å². The number of aliphatic hydroxyl groups excluding tert-OH is 2. The lowest BCUT2D eigenvalue weighted by Gasteiger charge is -2.13. The van der Waals surface area contributed by atoms with E-state index in [2.05, 4.69) is 0 Å². The Bertz CT molecular complexity index is 406. The third kappa shape index (κ3) is 2.33. The van der Waals surface area contributed by atoms with E-state index in [0.717, 1.165) is 5.56 Å². The number of hydrogen-bond donors (Lipinski definition) is 2. The lowest BCUT2D eigenvalue weighted by atomic mass is 9.93. The largest absolute Gasteiger partial charge is 0.465 e. The molecule has 0 radical (unpaired) electrons. The molecule has 1 aliphatic carbocycles. The molecule has 17 heavy (non-hydrogen) atoms. The highest BCUT2D eigenvalue weighted by Crippen LogP contribution is 2.36. The maximum atomic E-state index is 11.6. The summed E-state index contributed by atoms with van der Waals surface area (Å²) in [4.78, 5) is 11.6. The second-order valence-electron chi connectivity index (χ2n) is 4.38. The molecule has 0 spiro atoms. The molecule has 0 aliphatic heterocycles. The quantitative estimate of drug-likeness (QED) is 0.754. The minimum Gasteiger partial charge on any atom is -0.465 e. The fraction of sp³-hybridized carbons (Fsp3) is 0.462. The van der Waals surface area contributed by atoms with Gasteiger partial charge in [-0.05, 0) is 30.4 Å². The molecule has 4 nitrogen and oxygen atoms in total. The van der Waals surface area contributed by atoms with Crippen molar-refractivity contribution in [1.82, 2.24) is 0 Å². The van der Waals surface area contributed by atoms with Crippen LogP contribution in [0.4, 0.5) is 0 Å². The Kier molecular flexibility index (Phi) is 3.45. The summed E-state index contributed by atoms with van der Waals surface area (Å²) in [5.74, 6) is -0.369. The predicted molar refractivity (Wildman–Crippen MR) is 61.8 cm³/mol. The Morgan fingerprint density at radius 3 is 2.41 bits per heavy atom. The maximum absolute atomic E-state index is 11.6. The van der Waals surface area contributed by atoms with E-state index in [1.165, 1.54) is 7.11 Å². The van der Waals surface area contributed by atoms with E-state index in [-0.39, 0.29) is 11.9 Å². The fourth-order valence-electron chi connectivity index (χ4n) is 2.40. The standard InChI is InChI=1S/C13H16O4/c1-17-13(16)10-5-3-2-4-9(10)8-6-11(14)12(15)7-8/h2-5,8,11-12,14-15H,6-7H2,1H3/t8-,11-,12+. The first-order valence-electron chi connectivity index (χ1n) is 5.67. The van der Waals surface area contributed by atoms with Crippen LogP contribution in [0.15, 0.2) is 24.3 Å². The summed E-state index contributed by atoms with van der Waals surface area (Å²) in [6, 6.07) is 7.18. The Hall–Kier alpha value is -1.39. The number of benzene rings is 1. The molecule has 0 amide bonds.